The molecule has 3 heteroatoms. The van der Waals surface area contributed by atoms with E-state index >= 15 is 0 Å². The lowest BCUT2D eigenvalue weighted by Crippen LogP contribution is -2.37. The lowest BCUT2D eigenvalue weighted by molar-refractivity contribution is -0.136. The lowest BCUT2D eigenvalue weighted by atomic mass is 9.86. The summed E-state index contributed by atoms with van der Waals surface area (Å²) in [7, 11) is 1.88. The fourth-order valence-electron chi connectivity index (χ4n) is 2.27. The van der Waals surface area contributed by atoms with Crippen LogP contribution in [0.1, 0.15) is 39.5 Å². The van der Waals surface area contributed by atoms with Gasteiger partial charge in [0.2, 0.25) is 5.91 Å². The van der Waals surface area contributed by atoms with E-state index in [1.54, 1.807) is 0 Å². The molecule has 1 aliphatic carbocycles. The second-order valence-corrected chi connectivity index (χ2v) is 5.12. The third-order valence-corrected chi connectivity index (χ3v) is 3.06. The summed E-state index contributed by atoms with van der Waals surface area (Å²) in [5.74, 6) is 0.931. The molecule has 1 aliphatic rings. The summed E-state index contributed by atoms with van der Waals surface area (Å²) in [6, 6.07) is 0. The number of aliphatic hydroxyl groups excluding tert-OH is 1. The third-order valence-electron chi connectivity index (χ3n) is 3.06. The molecule has 0 heterocycles. The molecule has 0 aromatic rings. The Morgan fingerprint density at radius 3 is 2.33 bits per heavy atom. The standard InChI is InChI=1S/C12H23NO2/c1-9(2)8-13(3)12(15)10-4-6-11(14)7-5-10/h9-11,14H,4-8H2,1-3H3. The lowest BCUT2D eigenvalue weighted by Gasteiger charge is -2.29. The highest BCUT2D eigenvalue weighted by atomic mass is 16.3. The number of nitrogens with zero attached hydrogens (tertiary/aromatic N) is 1. The average molecular weight is 213 g/mol. The molecular formula is C12H23NO2. The van der Waals surface area contributed by atoms with E-state index in [1.165, 1.54) is 0 Å². The van der Waals surface area contributed by atoms with Crippen LogP contribution in [-0.2, 0) is 4.79 Å². The van der Waals surface area contributed by atoms with Crippen LogP contribution < -0.4 is 0 Å². The molecule has 0 atom stereocenters. The Labute approximate surface area is 92.5 Å². The Hall–Kier alpha value is -0.570. The number of aliphatic hydroxyl groups is 1. The zero-order valence-electron chi connectivity index (χ0n) is 10.1. The first-order valence-corrected chi connectivity index (χ1v) is 5.93. The Morgan fingerprint density at radius 2 is 1.87 bits per heavy atom. The minimum Gasteiger partial charge on any atom is -0.393 e. The Balaban J connectivity index is 2.39. The van der Waals surface area contributed by atoms with Crippen LogP contribution in [0.2, 0.25) is 0 Å². The van der Waals surface area contributed by atoms with Crippen molar-refractivity contribution >= 4 is 5.91 Å². The monoisotopic (exact) mass is 213 g/mol. The molecule has 1 rings (SSSR count). The number of carbonyl (C=O) groups is 1. The summed E-state index contributed by atoms with van der Waals surface area (Å²) in [5.41, 5.74) is 0. The van der Waals surface area contributed by atoms with Gasteiger partial charge in [0.1, 0.15) is 0 Å². The first-order chi connectivity index (χ1) is 7.00. The van der Waals surface area contributed by atoms with Gasteiger partial charge in [-0.1, -0.05) is 13.8 Å². The van der Waals surface area contributed by atoms with E-state index in [1.807, 2.05) is 11.9 Å². The molecule has 1 saturated carbocycles. The van der Waals surface area contributed by atoms with Gasteiger partial charge in [0.15, 0.2) is 0 Å². The summed E-state index contributed by atoms with van der Waals surface area (Å²) >= 11 is 0. The molecule has 1 amide bonds. The molecule has 1 N–H and O–H groups in total. The Morgan fingerprint density at radius 1 is 1.33 bits per heavy atom. The quantitative estimate of drug-likeness (QED) is 0.774. The summed E-state index contributed by atoms with van der Waals surface area (Å²) in [6.07, 6.45) is 3.09. The van der Waals surface area contributed by atoms with Crippen molar-refractivity contribution in [3.63, 3.8) is 0 Å². The third kappa shape index (κ3) is 3.82. The van der Waals surface area contributed by atoms with Gasteiger partial charge in [-0.2, -0.15) is 0 Å². The maximum atomic E-state index is 12.0. The minimum absolute atomic E-state index is 0.150. The molecule has 0 aromatic heterocycles. The minimum atomic E-state index is -0.176. The zero-order chi connectivity index (χ0) is 11.4. The molecule has 0 aliphatic heterocycles. The van der Waals surface area contributed by atoms with Crippen molar-refractivity contribution in [1.29, 1.82) is 0 Å². The SMILES string of the molecule is CC(C)CN(C)C(=O)C1CCC(O)CC1. The van der Waals surface area contributed by atoms with Crippen molar-refractivity contribution in [2.24, 2.45) is 11.8 Å². The van der Waals surface area contributed by atoms with E-state index < -0.39 is 0 Å². The predicted octanol–water partition coefficient (Wildman–Crippen LogP) is 1.65. The van der Waals surface area contributed by atoms with Crippen molar-refractivity contribution < 1.29 is 9.90 Å². The number of rotatable bonds is 3. The van der Waals surface area contributed by atoms with Gasteiger partial charge >= 0.3 is 0 Å². The van der Waals surface area contributed by atoms with Gasteiger partial charge in [-0.15, -0.1) is 0 Å². The molecule has 1 fully saturated rings. The Bertz CT molecular complexity index is 208. The molecule has 0 spiro atoms. The summed E-state index contributed by atoms with van der Waals surface area (Å²) < 4.78 is 0. The normalized spacial score (nSPS) is 26.7. The predicted molar refractivity (Wildman–Crippen MR) is 60.4 cm³/mol. The fraction of sp³-hybridized carbons (Fsp3) is 0.917. The number of carbonyl (C=O) groups excluding carboxylic acids is 1. The maximum Gasteiger partial charge on any atom is 0.225 e. The van der Waals surface area contributed by atoms with E-state index in [-0.39, 0.29) is 17.9 Å². The van der Waals surface area contributed by atoms with Crippen LogP contribution in [0, 0.1) is 11.8 Å². The van der Waals surface area contributed by atoms with Crippen LogP contribution in [-0.4, -0.2) is 35.6 Å². The van der Waals surface area contributed by atoms with Crippen molar-refractivity contribution in [3.8, 4) is 0 Å². The van der Waals surface area contributed by atoms with Crippen LogP contribution >= 0.6 is 0 Å². The van der Waals surface area contributed by atoms with E-state index in [2.05, 4.69) is 13.8 Å². The first-order valence-electron chi connectivity index (χ1n) is 5.93. The van der Waals surface area contributed by atoms with Gasteiger partial charge < -0.3 is 10.0 Å². The van der Waals surface area contributed by atoms with Gasteiger partial charge in [-0.05, 0) is 31.6 Å². The smallest absolute Gasteiger partial charge is 0.225 e. The molecule has 0 bridgehead atoms. The zero-order valence-corrected chi connectivity index (χ0v) is 10.1. The number of amides is 1. The van der Waals surface area contributed by atoms with Gasteiger partial charge in [0.25, 0.3) is 0 Å². The number of hydrogen-bond donors (Lipinski definition) is 1. The van der Waals surface area contributed by atoms with Crippen LogP contribution in [0.15, 0.2) is 0 Å². The van der Waals surface area contributed by atoms with Crippen molar-refractivity contribution in [2.45, 2.75) is 45.6 Å². The topological polar surface area (TPSA) is 40.5 Å². The van der Waals surface area contributed by atoms with Gasteiger partial charge in [-0.25, -0.2) is 0 Å². The van der Waals surface area contributed by atoms with E-state index in [9.17, 15) is 9.90 Å². The molecule has 0 saturated heterocycles. The van der Waals surface area contributed by atoms with Crippen LogP contribution in [0.25, 0.3) is 0 Å². The largest absolute Gasteiger partial charge is 0.393 e. The van der Waals surface area contributed by atoms with Crippen LogP contribution in [0.4, 0.5) is 0 Å². The summed E-state index contributed by atoms with van der Waals surface area (Å²) in [4.78, 5) is 13.8. The van der Waals surface area contributed by atoms with Crippen LogP contribution in [0.5, 0.6) is 0 Å². The summed E-state index contributed by atoms with van der Waals surface area (Å²) in [5, 5.41) is 9.37. The average Bonchev–Trinajstić information content (AvgIpc) is 2.17. The second kappa shape index (κ2) is 5.50. The van der Waals surface area contributed by atoms with Crippen molar-refractivity contribution in [1.82, 2.24) is 4.90 Å². The Kier molecular flexibility index (Phi) is 4.58. The highest BCUT2D eigenvalue weighted by Gasteiger charge is 2.27. The van der Waals surface area contributed by atoms with E-state index in [0.29, 0.717) is 5.92 Å². The summed E-state index contributed by atoms with van der Waals surface area (Å²) in [6.45, 7) is 5.07. The van der Waals surface area contributed by atoms with Crippen molar-refractivity contribution in [3.05, 3.63) is 0 Å². The van der Waals surface area contributed by atoms with E-state index in [4.69, 9.17) is 0 Å². The first kappa shape index (κ1) is 12.5. The second-order valence-electron chi connectivity index (χ2n) is 5.12. The molecule has 0 unspecified atom stereocenters. The maximum absolute atomic E-state index is 12.0. The highest BCUT2D eigenvalue weighted by Crippen LogP contribution is 2.25. The van der Waals surface area contributed by atoms with E-state index in [0.717, 1.165) is 32.2 Å². The molecule has 88 valence electrons. The molecular weight excluding hydrogens is 190 g/mol. The molecule has 3 nitrogen and oxygen atoms in total. The molecule has 0 radical (unpaired) electrons. The number of hydrogen-bond acceptors (Lipinski definition) is 2. The van der Waals surface area contributed by atoms with Gasteiger partial charge in [0, 0.05) is 19.5 Å². The van der Waals surface area contributed by atoms with Gasteiger partial charge in [-0.3, -0.25) is 4.79 Å². The molecule has 0 aromatic carbocycles. The van der Waals surface area contributed by atoms with Gasteiger partial charge in [0.05, 0.1) is 6.10 Å². The fourth-order valence-corrected chi connectivity index (χ4v) is 2.27. The van der Waals surface area contributed by atoms with Crippen molar-refractivity contribution in [2.75, 3.05) is 13.6 Å². The molecule has 15 heavy (non-hydrogen) atoms. The highest BCUT2D eigenvalue weighted by molar-refractivity contribution is 5.78. The van der Waals surface area contributed by atoms with Crippen LogP contribution in [0.3, 0.4) is 0 Å².